The van der Waals surface area contributed by atoms with Crippen LogP contribution in [0.4, 0.5) is 5.82 Å². The summed E-state index contributed by atoms with van der Waals surface area (Å²) < 4.78 is 27.4. The van der Waals surface area contributed by atoms with Crippen LogP contribution >= 0.6 is 22.9 Å². The van der Waals surface area contributed by atoms with Gasteiger partial charge in [-0.05, 0) is 49.4 Å². The first-order valence-corrected chi connectivity index (χ1v) is 14.9. The monoisotopic (exact) mass is 577 g/mol. The minimum atomic E-state index is -4.10. The minimum absolute atomic E-state index is 0.111. The second-order valence-corrected chi connectivity index (χ2v) is 12.4. The molecule has 0 bridgehead atoms. The number of halogens is 1. The van der Waals surface area contributed by atoms with Crippen molar-refractivity contribution in [1.29, 1.82) is 0 Å². The molecule has 0 amide bonds. The van der Waals surface area contributed by atoms with Crippen molar-refractivity contribution in [1.82, 2.24) is 15.3 Å². The molecule has 1 aliphatic carbocycles. The summed E-state index contributed by atoms with van der Waals surface area (Å²) in [5.41, 5.74) is 3.57. The second-order valence-electron chi connectivity index (χ2n) is 9.56. The van der Waals surface area contributed by atoms with Crippen LogP contribution < -0.4 is 15.8 Å². The Morgan fingerprint density at radius 1 is 1.29 bits per heavy atom. The lowest BCUT2D eigenvalue weighted by Crippen LogP contribution is -2.24. The fourth-order valence-corrected chi connectivity index (χ4v) is 6.82. The number of carbonyl (C=O) groups excluding carboxylic acids is 1. The van der Waals surface area contributed by atoms with E-state index in [1.807, 2.05) is 18.2 Å². The normalized spacial score (nSPS) is 23.6. The number of nitrogens with one attached hydrogen (secondary N) is 2. The molecule has 0 spiro atoms. The van der Waals surface area contributed by atoms with Crippen LogP contribution in [0, 0.1) is 5.92 Å². The molecule has 1 aliphatic heterocycles. The van der Waals surface area contributed by atoms with E-state index in [2.05, 4.69) is 36.9 Å². The molecule has 2 aliphatic rings. The molecule has 2 unspecified atom stereocenters. The van der Waals surface area contributed by atoms with Crippen molar-refractivity contribution >= 4 is 44.8 Å². The molecule has 1 saturated carbocycles. The molecule has 0 radical (unpaired) electrons. The van der Waals surface area contributed by atoms with Crippen molar-refractivity contribution in [3.63, 3.8) is 0 Å². The number of rotatable bonds is 8. The van der Waals surface area contributed by atoms with Crippen molar-refractivity contribution in [2.75, 3.05) is 18.5 Å². The first-order valence-electron chi connectivity index (χ1n) is 12.3. The standard InChI is InChI=1S/C25H28ClN5O5S2/c26-24-18(22-17-6-2-1-4-14(17)5-3-7-29-22)10-21(37-24)23(33)19-11-28-13-30-25(19)31-16-8-15(20(32)9-16)12-36-38(27,34)35/h1-2,4,6,10-11,13,15-16,20,22,29,32H,3,5,7-9,12H2,(H2,27,34,35)(H,28,30,31)/t15-,16?,20+,22?/m1/s1. The smallest absolute Gasteiger partial charge is 0.333 e. The summed E-state index contributed by atoms with van der Waals surface area (Å²) in [5.74, 6) is -0.361. The summed E-state index contributed by atoms with van der Waals surface area (Å²) in [6.45, 7) is 0.619. The van der Waals surface area contributed by atoms with Gasteiger partial charge in [-0.2, -0.15) is 8.42 Å². The predicted octanol–water partition coefficient (Wildman–Crippen LogP) is 2.82. The Kier molecular flexibility index (Phi) is 8.10. The molecule has 5 rings (SSSR count). The lowest BCUT2D eigenvalue weighted by Gasteiger charge is -2.18. The van der Waals surface area contributed by atoms with Crippen molar-refractivity contribution in [2.24, 2.45) is 11.1 Å². The van der Waals surface area contributed by atoms with Crippen LogP contribution in [-0.2, 0) is 20.9 Å². The van der Waals surface area contributed by atoms with Gasteiger partial charge in [0, 0.05) is 23.7 Å². The highest BCUT2D eigenvalue weighted by Crippen LogP contribution is 2.39. The van der Waals surface area contributed by atoms with Crippen LogP contribution in [0.25, 0.3) is 0 Å². The first kappa shape index (κ1) is 27.1. The van der Waals surface area contributed by atoms with E-state index in [0.717, 1.165) is 30.5 Å². The average Bonchev–Trinajstić information content (AvgIpc) is 3.36. The van der Waals surface area contributed by atoms with Crippen molar-refractivity contribution in [3.8, 4) is 0 Å². The third-order valence-electron chi connectivity index (χ3n) is 6.99. The third-order valence-corrected chi connectivity index (χ3v) is 8.84. The largest absolute Gasteiger partial charge is 0.393 e. The lowest BCUT2D eigenvalue weighted by molar-refractivity contribution is 0.101. The van der Waals surface area contributed by atoms with E-state index >= 15 is 0 Å². The van der Waals surface area contributed by atoms with Crippen LogP contribution in [0.5, 0.6) is 0 Å². The Labute approximate surface area is 229 Å². The number of fused-ring (bicyclic) bond motifs is 1. The average molecular weight is 578 g/mol. The van der Waals surface area contributed by atoms with Crippen LogP contribution in [0.2, 0.25) is 4.34 Å². The summed E-state index contributed by atoms with van der Waals surface area (Å²) in [4.78, 5) is 22.4. The van der Waals surface area contributed by atoms with Crippen LogP contribution in [0.1, 0.15) is 57.2 Å². The Morgan fingerprint density at radius 2 is 2.11 bits per heavy atom. The summed E-state index contributed by atoms with van der Waals surface area (Å²) >= 11 is 7.91. The highest BCUT2D eigenvalue weighted by Gasteiger charge is 2.35. The van der Waals surface area contributed by atoms with Gasteiger partial charge in [0.05, 0.1) is 33.5 Å². The maximum Gasteiger partial charge on any atom is 0.333 e. The zero-order chi connectivity index (χ0) is 26.9. The van der Waals surface area contributed by atoms with Gasteiger partial charge in [-0.15, -0.1) is 11.3 Å². The van der Waals surface area contributed by atoms with E-state index in [1.54, 1.807) is 0 Å². The van der Waals surface area contributed by atoms with Gasteiger partial charge in [0.25, 0.3) is 0 Å². The van der Waals surface area contributed by atoms with Crippen LogP contribution in [0.3, 0.4) is 0 Å². The number of nitrogens with two attached hydrogens (primary N) is 1. The first-order chi connectivity index (χ1) is 18.2. The van der Waals surface area contributed by atoms with E-state index in [4.69, 9.17) is 16.7 Å². The number of aliphatic hydroxyl groups excluding tert-OH is 1. The van der Waals surface area contributed by atoms with E-state index in [1.165, 1.54) is 29.4 Å². The summed E-state index contributed by atoms with van der Waals surface area (Å²) in [6.07, 6.45) is 4.75. The quantitative estimate of drug-likeness (QED) is 0.295. The minimum Gasteiger partial charge on any atom is -0.393 e. The number of aromatic nitrogens is 2. The number of carbonyl (C=O) groups is 1. The SMILES string of the molecule is NS(=O)(=O)OC[C@H]1CC(Nc2ncncc2C(=O)c2cc(C3NCCCc4ccccc43)c(Cl)s2)C[C@@H]1O. The summed E-state index contributed by atoms with van der Waals surface area (Å²) in [5, 5.41) is 22.0. The Bertz CT molecular complexity index is 1430. The molecule has 202 valence electrons. The van der Waals surface area contributed by atoms with Crippen molar-refractivity contribution in [3.05, 3.63) is 74.3 Å². The van der Waals surface area contributed by atoms with Gasteiger partial charge >= 0.3 is 10.3 Å². The lowest BCUT2D eigenvalue weighted by atomic mass is 9.95. The summed E-state index contributed by atoms with van der Waals surface area (Å²) in [7, 11) is -4.10. The Morgan fingerprint density at radius 3 is 2.92 bits per heavy atom. The molecule has 1 fully saturated rings. The molecule has 3 heterocycles. The molecule has 13 heteroatoms. The van der Waals surface area contributed by atoms with E-state index in [0.29, 0.717) is 27.9 Å². The molecular weight excluding hydrogens is 550 g/mol. The van der Waals surface area contributed by atoms with Crippen LogP contribution in [-0.4, -0.2) is 54.6 Å². The Balaban J connectivity index is 1.35. The van der Waals surface area contributed by atoms with Gasteiger partial charge in [0.2, 0.25) is 5.78 Å². The molecule has 2 aromatic heterocycles. The highest BCUT2D eigenvalue weighted by atomic mass is 35.5. The van der Waals surface area contributed by atoms with Gasteiger partial charge in [-0.3, -0.25) is 8.98 Å². The van der Waals surface area contributed by atoms with E-state index in [-0.39, 0.29) is 30.0 Å². The number of hydrogen-bond donors (Lipinski definition) is 4. The molecular formula is C25H28ClN5O5S2. The number of benzene rings is 1. The zero-order valence-electron chi connectivity index (χ0n) is 20.3. The number of anilines is 1. The number of nitrogens with zero attached hydrogens (tertiary/aromatic N) is 2. The fourth-order valence-electron chi connectivity index (χ4n) is 5.17. The predicted molar refractivity (Wildman–Crippen MR) is 145 cm³/mol. The molecule has 4 atom stereocenters. The van der Waals surface area contributed by atoms with Gasteiger partial charge in [0.1, 0.15) is 12.1 Å². The molecule has 0 saturated heterocycles. The maximum atomic E-state index is 13.6. The van der Waals surface area contributed by atoms with Gasteiger partial charge in [-0.1, -0.05) is 35.9 Å². The van der Waals surface area contributed by atoms with Gasteiger partial charge < -0.3 is 15.7 Å². The maximum absolute atomic E-state index is 13.6. The van der Waals surface area contributed by atoms with Crippen molar-refractivity contribution in [2.45, 2.75) is 43.9 Å². The van der Waals surface area contributed by atoms with Gasteiger partial charge in [-0.25, -0.2) is 15.1 Å². The van der Waals surface area contributed by atoms with Gasteiger partial charge in [0.15, 0.2) is 0 Å². The number of hydrogen-bond acceptors (Lipinski definition) is 10. The fraction of sp³-hybridized carbons (Fsp3) is 0.400. The third kappa shape index (κ3) is 6.07. The second kappa shape index (κ2) is 11.3. The number of aliphatic hydroxyl groups is 1. The molecule has 10 nitrogen and oxygen atoms in total. The number of ketones is 1. The van der Waals surface area contributed by atoms with Crippen molar-refractivity contribution < 1.29 is 22.5 Å². The molecule has 38 heavy (non-hydrogen) atoms. The molecule has 5 N–H and O–H groups in total. The molecule has 3 aromatic rings. The number of aryl methyl sites for hydroxylation is 1. The molecule has 1 aromatic carbocycles. The topological polar surface area (TPSA) is 157 Å². The number of thiophene rings is 1. The van der Waals surface area contributed by atoms with E-state index < -0.39 is 22.3 Å². The van der Waals surface area contributed by atoms with E-state index in [9.17, 15) is 18.3 Å². The van der Waals surface area contributed by atoms with Crippen LogP contribution in [0.15, 0.2) is 42.9 Å². The Hall–Kier alpha value is -2.45. The highest BCUT2D eigenvalue weighted by molar-refractivity contribution is 7.84. The zero-order valence-corrected chi connectivity index (χ0v) is 22.7. The summed E-state index contributed by atoms with van der Waals surface area (Å²) in [6, 6.07) is 9.75.